The van der Waals surface area contributed by atoms with Gasteiger partial charge in [-0.25, -0.2) is 8.42 Å². The maximum absolute atomic E-state index is 12.1. The van der Waals surface area contributed by atoms with Crippen LogP contribution in [0.25, 0.3) is 0 Å². The molecule has 18 heavy (non-hydrogen) atoms. The van der Waals surface area contributed by atoms with E-state index in [-0.39, 0.29) is 11.5 Å². The van der Waals surface area contributed by atoms with Gasteiger partial charge in [-0.3, -0.25) is 4.79 Å². The molecule has 0 rings (SSSR count). The topological polar surface area (TPSA) is 63.2 Å². The number of carbonyl (C=O) groups is 1. The monoisotopic (exact) mass is 297 g/mol. The van der Waals surface area contributed by atoms with Crippen molar-refractivity contribution in [3.63, 3.8) is 0 Å². The zero-order valence-corrected chi connectivity index (χ0v) is 13.6. The summed E-state index contributed by atoms with van der Waals surface area (Å²) in [5.74, 6) is -0.0586. The number of amides is 1. The van der Waals surface area contributed by atoms with E-state index in [2.05, 4.69) is 5.32 Å². The van der Waals surface area contributed by atoms with E-state index in [9.17, 15) is 13.2 Å². The second-order valence-electron chi connectivity index (χ2n) is 6.15. The van der Waals surface area contributed by atoms with Crippen LogP contribution in [0, 0.1) is 5.41 Å². The van der Waals surface area contributed by atoms with Crippen molar-refractivity contribution in [2.75, 3.05) is 12.1 Å². The molecule has 108 valence electrons. The van der Waals surface area contributed by atoms with E-state index >= 15 is 0 Å². The molecule has 0 aliphatic carbocycles. The summed E-state index contributed by atoms with van der Waals surface area (Å²) < 4.78 is 21.8. The van der Waals surface area contributed by atoms with Gasteiger partial charge in [0.05, 0.1) is 0 Å². The fraction of sp³-hybridized carbons (Fsp3) is 0.917. The number of carbonyl (C=O) groups excluding carboxylic acids is 1. The predicted octanol–water partition coefficient (Wildman–Crippen LogP) is 1.97. The highest BCUT2D eigenvalue weighted by molar-refractivity contribution is 7.92. The fourth-order valence-electron chi connectivity index (χ4n) is 1.33. The lowest BCUT2D eigenvalue weighted by Gasteiger charge is -2.33. The second-order valence-corrected chi connectivity index (χ2v) is 9.10. The molecule has 0 saturated carbocycles. The van der Waals surface area contributed by atoms with E-state index < -0.39 is 20.5 Å². The van der Waals surface area contributed by atoms with Crippen molar-refractivity contribution < 1.29 is 13.2 Å². The van der Waals surface area contributed by atoms with Crippen molar-refractivity contribution >= 4 is 27.3 Å². The van der Waals surface area contributed by atoms with Crippen molar-refractivity contribution in [2.45, 2.75) is 51.8 Å². The molecule has 0 aromatic carbocycles. The Morgan fingerprint density at radius 2 is 1.67 bits per heavy atom. The van der Waals surface area contributed by atoms with Gasteiger partial charge in [0.1, 0.15) is 4.75 Å². The van der Waals surface area contributed by atoms with Crippen molar-refractivity contribution in [1.82, 2.24) is 5.32 Å². The molecule has 1 amide bonds. The summed E-state index contributed by atoms with van der Waals surface area (Å²) >= 11 is 5.72. The summed E-state index contributed by atoms with van der Waals surface area (Å²) in [6.45, 7) is 8.78. The van der Waals surface area contributed by atoms with Gasteiger partial charge in [0.15, 0.2) is 9.84 Å². The number of halogens is 1. The minimum atomic E-state index is -3.45. The lowest BCUT2D eigenvalue weighted by atomic mass is 9.85. The molecule has 0 bridgehead atoms. The first kappa shape index (κ1) is 17.7. The van der Waals surface area contributed by atoms with Crippen molar-refractivity contribution in [2.24, 2.45) is 5.41 Å². The van der Waals surface area contributed by atoms with Gasteiger partial charge in [-0.05, 0) is 25.7 Å². The molecular formula is C12H24ClNO3S. The Bertz CT molecular complexity index is 396. The zero-order valence-electron chi connectivity index (χ0n) is 12.0. The lowest BCUT2D eigenvalue weighted by Crippen LogP contribution is -2.54. The fourth-order valence-corrected chi connectivity index (χ4v) is 1.95. The Morgan fingerprint density at radius 3 is 1.94 bits per heavy atom. The van der Waals surface area contributed by atoms with E-state index in [1.807, 2.05) is 20.8 Å². The molecule has 1 unspecified atom stereocenters. The normalized spacial score (nSPS) is 15.3. The van der Waals surface area contributed by atoms with Crippen molar-refractivity contribution in [1.29, 1.82) is 0 Å². The average molecular weight is 298 g/mol. The van der Waals surface area contributed by atoms with Gasteiger partial charge >= 0.3 is 0 Å². The van der Waals surface area contributed by atoms with E-state index in [0.717, 1.165) is 6.26 Å². The quantitative estimate of drug-likeness (QED) is 0.789. The van der Waals surface area contributed by atoms with Gasteiger partial charge in [0.2, 0.25) is 5.91 Å². The Labute approximate surface area is 115 Å². The lowest BCUT2D eigenvalue weighted by molar-refractivity contribution is -0.124. The van der Waals surface area contributed by atoms with E-state index in [1.165, 1.54) is 13.8 Å². The van der Waals surface area contributed by atoms with Crippen molar-refractivity contribution in [3.05, 3.63) is 0 Å². The molecule has 0 aromatic heterocycles. The molecular weight excluding hydrogens is 274 g/mol. The maximum atomic E-state index is 12.1. The van der Waals surface area contributed by atoms with Gasteiger partial charge in [-0.1, -0.05) is 20.8 Å². The zero-order chi connectivity index (χ0) is 14.8. The first-order valence-corrected chi connectivity index (χ1v) is 8.33. The number of hydrogen-bond donors (Lipinski definition) is 1. The molecule has 0 aliphatic heterocycles. The smallest absolute Gasteiger partial charge is 0.241 e. The summed E-state index contributed by atoms with van der Waals surface area (Å²) in [6.07, 6.45) is 1.68. The summed E-state index contributed by atoms with van der Waals surface area (Å²) in [4.78, 5) is 12.1. The molecule has 0 heterocycles. The molecule has 0 radical (unpaired) electrons. The predicted molar refractivity (Wildman–Crippen MR) is 75.6 cm³/mol. The summed E-state index contributed by atoms with van der Waals surface area (Å²) in [5, 5.41) is 2.80. The second kappa shape index (κ2) is 5.78. The first-order valence-electron chi connectivity index (χ1n) is 5.90. The molecule has 0 saturated heterocycles. The molecule has 0 aliphatic rings. The van der Waals surface area contributed by atoms with Crippen LogP contribution < -0.4 is 5.32 Å². The van der Waals surface area contributed by atoms with Crippen LogP contribution in [0.2, 0.25) is 0 Å². The van der Waals surface area contributed by atoms with E-state index in [0.29, 0.717) is 12.3 Å². The molecule has 1 N–H and O–H groups in total. The Morgan fingerprint density at radius 1 is 1.22 bits per heavy atom. The van der Waals surface area contributed by atoms with E-state index in [4.69, 9.17) is 11.6 Å². The minimum absolute atomic E-state index is 0.150. The molecule has 4 nitrogen and oxygen atoms in total. The molecule has 6 heteroatoms. The van der Waals surface area contributed by atoms with Gasteiger partial charge in [-0.2, -0.15) is 0 Å². The van der Waals surface area contributed by atoms with Crippen LogP contribution in [-0.4, -0.2) is 37.2 Å². The Hall–Kier alpha value is -0.290. The number of rotatable bonds is 5. The highest BCUT2D eigenvalue weighted by Crippen LogP contribution is 2.24. The SMILES string of the molecule is CC(C)(C)C(CCCl)NC(=O)C(C)(C)S(C)(=O)=O. The number of hydrogen-bond acceptors (Lipinski definition) is 3. The van der Waals surface area contributed by atoms with Gasteiger partial charge < -0.3 is 5.32 Å². The van der Waals surface area contributed by atoms with Gasteiger partial charge in [0.25, 0.3) is 0 Å². The summed E-state index contributed by atoms with van der Waals surface area (Å²) in [6, 6.07) is -0.150. The third kappa shape index (κ3) is 4.43. The van der Waals surface area contributed by atoms with Gasteiger partial charge in [-0.15, -0.1) is 11.6 Å². The molecule has 0 spiro atoms. The Kier molecular flexibility index (Phi) is 5.69. The maximum Gasteiger partial charge on any atom is 0.241 e. The van der Waals surface area contributed by atoms with Crippen LogP contribution in [-0.2, 0) is 14.6 Å². The molecule has 1 atom stereocenters. The number of alkyl halides is 1. The third-order valence-electron chi connectivity index (χ3n) is 3.22. The number of sulfone groups is 1. The first-order chi connectivity index (χ1) is 7.84. The Balaban J connectivity index is 5.04. The molecule has 0 fully saturated rings. The summed E-state index contributed by atoms with van der Waals surface area (Å²) in [7, 11) is -3.45. The van der Waals surface area contributed by atoms with E-state index in [1.54, 1.807) is 0 Å². The average Bonchev–Trinajstić information content (AvgIpc) is 2.13. The summed E-state index contributed by atoms with van der Waals surface area (Å²) in [5.41, 5.74) is -0.169. The highest BCUT2D eigenvalue weighted by Gasteiger charge is 2.40. The highest BCUT2D eigenvalue weighted by atomic mass is 35.5. The van der Waals surface area contributed by atoms with Gasteiger partial charge in [0, 0.05) is 18.2 Å². The van der Waals surface area contributed by atoms with Crippen LogP contribution in [0.1, 0.15) is 41.0 Å². The van der Waals surface area contributed by atoms with Crippen molar-refractivity contribution in [3.8, 4) is 0 Å². The third-order valence-corrected chi connectivity index (χ3v) is 5.48. The van der Waals surface area contributed by atoms with Crippen LogP contribution in [0.15, 0.2) is 0 Å². The van der Waals surface area contributed by atoms with Crippen LogP contribution in [0.4, 0.5) is 0 Å². The molecule has 0 aromatic rings. The van der Waals surface area contributed by atoms with Crippen LogP contribution in [0.3, 0.4) is 0 Å². The van der Waals surface area contributed by atoms with Crippen LogP contribution in [0.5, 0.6) is 0 Å². The minimum Gasteiger partial charge on any atom is -0.351 e. The number of nitrogens with one attached hydrogen (secondary N) is 1. The standard InChI is InChI=1S/C12H24ClNO3S/c1-11(2,3)9(7-8-13)14-10(15)12(4,5)18(6,16)17/h9H,7-8H2,1-6H3,(H,14,15). The van der Waals surface area contributed by atoms with Crippen LogP contribution >= 0.6 is 11.6 Å². The largest absolute Gasteiger partial charge is 0.351 e.